The zero-order chi connectivity index (χ0) is 17.5. The Bertz CT molecular complexity index is 651. The molecule has 0 saturated heterocycles. The molecule has 0 unspecified atom stereocenters. The Kier molecular flexibility index (Phi) is 6.07. The van der Waals surface area contributed by atoms with E-state index in [9.17, 15) is 9.90 Å². The lowest BCUT2D eigenvalue weighted by Crippen LogP contribution is -2.42. The molecular formula is C21H25NO3. The van der Waals surface area contributed by atoms with Gasteiger partial charge in [0.05, 0.1) is 6.10 Å². The quantitative estimate of drug-likeness (QED) is 0.891. The predicted octanol–water partition coefficient (Wildman–Crippen LogP) is 4.13. The van der Waals surface area contributed by atoms with Crippen molar-refractivity contribution in [1.29, 1.82) is 0 Å². The van der Waals surface area contributed by atoms with E-state index in [0.717, 1.165) is 36.8 Å². The SMILES string of the molecule is O=C(OCc1ccccc1)N(Cc1ccccc1)C1CCC(O)CC1. The molecule has 1 N–H and O–H groups in total. The zero-order valence-corrected chi connectivity index (χ0v) is 14.4. The summed E-state index contributed by atoms with van der Waals surface area (Å²) in [4.78, 5) is 14.6. The van der Waals surface area contributed by atoms with Crippen LogP contribution in [-0.4, -0.2) is 28.2 Å². The van der Waals surface area contributed by atoms with Crippen LogP contribution in [0.25, 0.3) is 0 Å². The minimum Gasteiger partial charge on any atom is -0.445 e. The van der Waals surface area contributed by atoms with E-state index in [2.05, 4.69) is 0 Å². The van der Waals surface area contributed by atoms with Crippen molar-refractivity contribution in [2.45, 2.75) is 51.0 Å². The van der Waals surface area contributed by atoms with E-state index >= 15 is 0 Å². The Morgan fingerprint density at radius 2 is 1.48 bits per heavy atom. The smallest absolute Gasteiger partial charge is 0.410 e. The first-order valence-corrected chi connectivity index (χ1v) is 8.91. The topological polar surface area (TPSA) is 49.8 Å². The minimum absolute atomic E-state index is 0.117. The number of aliphatic hydroxyl groups is 1. The number of rotatable bonds is 5. The third-order valence-corrected chi connectivity index (χ3v) is 4.74. The minimum atomic E-state index is -0.283. The Labute approximate surface area is 149 Å². The van der Waals surface area contributed by atoms with Crippen LogP contribution in [0.2, 0.25) is 0 Å². The van der Waals surface area contributed by atoms with Gasteiger partial charge in [-0.25, -0.2) is 4.79 Å². The standard InChI is InChI=1S/C21H25NO3/c23-20-13-11-19(12-14-20)22(15-17-7-3-1-4-8-17)21(24)25-16-18-9-5-2-6-10-18/h1-10,19-20,23H,11-16H2. The van der Waals surface area contributed by atoms with E-state index in [0.29, 0.717) is 6.54 Å². The Morgan fingerprint density at radius 1 is 0.920 bits per heavy atom. The van der Waals surface area contributed by atoms with Crippen LogP contribution in [0.15, 0.2) is 60.7 Å². The highest BCUT2D eigenvalue weighted by Crippen LogP contribution is 2.25. The molecule has 0 aromatic heterocycles. The van der Waals surface area contributed by atoms with Gasteiger partial charge in [-0.3, -0.25) is 0 Å². The maximum absolute atomic E-state index is 12.7. The maximum Gasteiger partial charge on any atom is 0.410 e. The van der Waals surface area contributed by atoms with Crippen molar-refractivity contribution in [3.63, 3.8) is 0 Å². The molecule has 0 radical (unpaired) electrons. The van der Waals surface area contributed by atoms with Crippen LogP contribution in [0.3, 0.4) is 0 Å². The summed E-state index contributed by atoms with van der Waals surface area (Å²) in [5.74, 6) is 0. The van der Waals surface area contributed by atoms with Gasteiger partial charge in [-0.05, 0) is 36.8 Å². The molecule has 25 heavy (non-hydrogen) atoms. The van der Waals surface area contributed by atoms with Gasteiger partial charge in [0.1, 0.15) is 6.61 Å². The van der Waals surface area contributed by atoms with E-state index in [1.807, 2.05) is 65.6 Å². The fourth-order valence-corrected chi connectivity index (χ4v) is 3.29. The summed E-state index contributed by atoms with van der Waals surface area (Å²) in [7, 11) is 0. The largest absolute Gasteiger partial charge is 0.445 e. The molecule has 4 nitrogen and oxygen atoms in total. The third-order valence-electron chi connectivity index (χ3n) is 4.74. The molecule has 0 heterocycles. The normalized spacial score (nSPS) is 20.0. The Morgan fingerprint density at radius 3 is 2.08 bits per heavy atom. The number of benzene rings is 2. The molecule has 0 bridgehead atoms. The summed E-state index contributed by atoms with van der Waals surface area (Å²) in [6, 6.07) is 19.8. The fraction of sp³-hybridized carbons (Fsp3) is 0.381. The van der Waals surface area contributed by atoms with Gasteiger partial charge in [-0.15, -0.1) is 0 Å². The fourth-order valence-electron chi connectivity index (χ4n) is 3.29. The number of carbonyl (C=O) groups excluding carboxylic acids is 1. The number of aliphatic hydroxyl groups excluding tert-OH is 1. The highest BCUT2D eigenvalue weighted by molar-refractivity contribution is 5.68. The molecule has 3 rings (SSSR count). The molecule has 4 heteroatoms. The first-order chi connectivity index (χ1) is 12.2. The highest BCUT2D eigenvalue weighted by Gasteiger charge is 2.29. The average Bonchev–Trinajstić information content (AvgIpc) is 2.67. The van der Waals surface area contributed by atoms with Gasteiger partial charge < -0.3 is 14.7 Å². The van der Waals surface area contributed by atoms with Crippen LogP contribution in [0, 0.1) is 0 Å². The van der Waals surface area contributed by atoms with E-state index in [-0.39, 0.29) is 24.8 Å². The van der Waals surface area contributed by atoms with Crippen LogP contribution in [0.1, 0.15) is 36.8 Å². The summed E-state index contributed by atoms with van der Waals surface area (Å²) < 4.78 is 5.57. The van der Waals surface area contributed by atoms with Crippen molar-refractivity contribution in [2.24, 2.45) is 0 Å². The van der Waals surface area contributed by atoms with Crippen LogP contribution >= 0.6 is 0 Å². The van der Waals surface area contributed by atoms with Crippen LogP contribution in [-0.2, 0) is 17.9 Å². The number of carbonyl (C=O) groups is 1. The van der Waals surface area contributed by atoms with Crippen molar-refractivity contribution in [1.82, 2.24) is 4.90 Å². The molecule has 2 aromatic carbocycles. The molecule has 0 aliphatic heterocycles. The second-order valence-electron chi connectivity index (χ2n) is 6.62. The van der Waals surface area contributed by atoms with Crippen molar-refractivity contribution >= 4 is 6.09 Å². The molecule has 1 saturated carbocycles. The summed E-state index contributed by atoms with van der Waals surface area (Å²) in [5.41, 5.74) is 2.07. The number of hydrogen-bond donors (Lipinski definition) is 1. The van der Waals surface area contributed by atoms with Gasteiger partial charge in [0.25, 0.3) is 0 Å². The first-order valence-electron chi connectivity index (χ1n) is 8.91. The maximum atomic E-state index is 12.7. The number of amides is 1. The number of nitrogens with zero attached hydrogens (tertiary/aromatic N) is 1. The van der Waals surface area contributed by atoms with Crippen LogP contribution in [0.5, 0.6) is 0 Å². The van der Waals surface area contributed by atoms with Crippen molar-refractivity contribution in [3.05, 3.63) is 71.8 Å². The zero-order valence-electron chi connectivity index (χ0n) is 14.4. The van der Waals surface area contributed by atoms with Crippen LogP contribution < -0.4 is 0 Å². The van der Waals surface area contributed by atoms with Crippen LogP contribution in [0.4, 0.5) is 4.79 Å². The van der Waals surface area contributed by atoms with Gasteiger partial charge in [-0.2, -0.15) is 0 Å². The lowest BCUT2D eigenvalue weighted by Gasteiger charge is -2.35. The molecule has 0 atom stereocenters. The van der Waals surface area contributed by atoms with Gasteiger partial charge in [0.15, 0.2) is 0 Å². The molecule has 132 valence electrons. The molecule has 1 aliphatic carbocycles. The highest BCUT2D eigenvalue weighted by atomic mass is 16.6. The molecular weight excluding hydrogens is 314 g/mol. The third kappa shape index (κ3) is 5.07. The number of hydrogen-bond acceptors (Lipinski definition) is 3. The van der Waals surface area contributed by atoms with E-state index in [1.54, 1.807) is 0 Å². The van der Waals surface area contributed by atoms with Gasteiger partial charge in [0.2, 0.25) is 0 Å². The molecule has 1 aliphatic rings. The van der Waals surface area contributed by atoms with E-state index in [4.69, 9.17) is 4.74 Å². The molecule has 0 spiro atoms. The summed E-state index contributed by atoms with van der Waals surface area (Å²) in [6.07, 6.45) is 2.58. The van der Waals surface area contributed by atoms with Gasteiger partial charge in [-0.1, -0.05) is 60.7 Å². The average molecular weight is 339 g/mol. The van der Waals surface area contributed by atoms with Gasteiger partial charge >= 0.3 is 6.09 Å². The van der Waals surface area contributed by atoms with Crippen molar-refractivity contribution < 1.29 is 14.6 Å². The summed E-state index contributed by atoms with van der Waals surface area (Å²) in [5, 5.41) is 9.75. The second kappa shape index (κ2) is 8.67. The van der Waals surface area contributed by atoms with Crippen molar-refractivity contribution in [3.8, 4) is 0 Å². The molecule has 2 aromatic rings. The Balaban J connectivity index is 1.67. The molecule has 1 fully saturated rings. The predicted molar refractivity (Wildman–Crippen MR) is 96.9 cm³/mol. The lowest BCUT2D eigenvalue weighted by atomic mass is 9.92. The lowest BCUT2D eigenvalue weighted by molar-refractivity contribution is 0.0462. The number of ether oxygens (including phenoxy) is 1. The monoisotopic (exact) mass is 339 g/mol. The summed E-state index contributed by atoms with van der Waals surface area (Å²) >= 11 is 0. The Hall–Kier alpha value is -2.33. The van der Waals surface area contributed by atoms with E-state index < -0.39 is 0 Å². The van der Waals surface area contributed by atoms with E-state index in [1.165, 1.54) is 0 Å². The van der Waals surface area contributed by atoms with Gasteiger partial charge in [0, 0.05) is 12.6 Å². The molecule has 1 amide bonds. The summed E-state index contributed by atoms with van der Waals surface area (Å²) in [6.45, 7) is 0.815. The first kappa shape index (κ1) is 17.5. The van der Waals surface area contributed by atoms with Crippen molar-refractivity contribution in [2.75, 3.05) is 0 Å². The second-order valence-corrected chi connectivity index (χ2v) is 6.62.